The maximum Gasteiger partial charge on any atom is 0.109 e. The average Bonchev–Trinajstić information content (AvgIpc) is 2.34. The van der Waals surface area contributed by atoms with E-state index in [9.17, 15) is 5.11 Å². The van der Waals surface area contributed by atoms with Gasteiger partial charge in [0.05, 0.1) is 18.5 Å². The second-order valence-electron chi connectivity index (χ2n) is 3.48. The molecule has 13 heavy (non-hydrogen) atoms. The summed E-state index contributed by atoms with van der Waals surface area (Å²) in [6.45, 7) is 3.45. The number of aliphatic hydroxyl groups is 2. The summed E-state index contributed by atoms with van der Waals surface area (Å²) in [5, 5.41) is 18.3. The molecular formula is C10H16O3. The van der Waals surface area contributed by atoms with Gasteiger partial charge in [0.2, 0.25) is 0 Å². The van der Waals surface area contributed by atoms with Crippen molar-refractivity contribution in [2.45, 2.75) is 38.9 Å². The van der Waals surface area contributed by atoms with E-state index in [1.807, 2.05) is 6.07 Å². The van der Waals surface area contributed by atoms with Crippen LogP contribution in [0.3, 0.4) is 0 Å². The molecular weight excluding hydrogens is 168 g/mol. The van der Waals surface area contributed by atoms with Crippen molar-refractivity contribution in [3.63, 3.8) is 0 Å². The van der Waals surface area contributed by atoms with Crippen LogP contribution in [0, 0.1) is 0 Å². The Morgan fingerprint density at radius 3 is 2.38 bits per heavy atom. The summed E-state index contributed by atoms with van der Waals surface area (Å²) in [6, 6.07) is 1.84. The van der Waals surface area contributed by atoms with Gasteiger partial charge in [-0.05, 0) is 25.5 Å². The second-order valence-corrected chi connectivity index (χ2v) is 3.48. The highest BCUT2D eigenvalue weighted by Crippen LogP contribution is 2.14. The van der Waals surface area contributed by atoms with Crippen molar-refractivity contribution in [1.29, 1.82) is 0 Å². The van der Waals surface area contributed by atoms with E-state index in [1.165, 1.54) is 0 Å². The first-order valence-corrected chi connectivity index (χ1v) is 4.51. The molecule has 74 valence electrons. The molecule has 2 unspecified atom stereocenters. The maximum absolute atomic E-state index is 9.18. The van der Waals surface area contributed by atoms with E-state index in [2.05, 4.69) is 0 Å². The summed E-state index contributed by atoms with van der Waals surface area (Å²) in [5.74, 6) is 0.774. The molecule has 0 aliphatic rings. The van der Waals surface area contributed by atoms with E-state index in [0.29, 0.717) is 12.8 Å². The molecule has 0 radical (unpaired) electrons. The zero-order valence-electron chi connectivity index (χ0n) is 8.03. The number of rotatable bonds is 4. The van der Waals surface area contributed by atoms with Crippen molar-refractivity contribution in [3.8, 4) is 0 Å². The summed E-state index contributed by atoms with van der Waals surface area (Å²) >= 11 is 0. The van der Waals surface area contributed by atoms with Crippen LogP contribution in [0.15, 0.2) is 16.7 Å². The Balaban J connectivity index is 2.65. The standard InChI is InChI=1S/C10H16O3/c1-7(11)5-9-3-4-13-10(9)6-8(2)12/h3-4,7-8,11-12H,5-6H2,1-2H3. The van der Waals surface area contributed by atoms with Crippen LogP contribution in [0.1, 0.15) is 25.2 Å². The molecule has 0 fully saturated rings. The second kappa shape index (κ2) is 4.44. The molecule has 0 spiro atoms. The van der Waals surface area contributed by atoms with Crippen LogP contribution in [0.2, 0.25) is 0 Å². The fraction of sp³-hybridized carbons (Fsp3) is 0.600. The monoisotopic (exact) mass is 184 g/mol. The summed E-state index contributed by atoms with van der Waals surface area (Å²) in [6.07, 6.45) is 1.91. The minimum absolute atomic E-state index is 0.370. The van der Waals surface area contributed by atoms with Crippen LogP contribution in [0.5, 0.6) is 0 Å². The smallest absolute Gasteiger partial charge is 0.109 e. The molecule has 1 rings (SSSR count). The third-order valence-corrected chi connectivity index (χ3v) is 1.83. The highest BCUT2D eigenvalue weighted by molar-refractivity contribution is 5.18. The van der Waals surface area contributed by atoms with Gasteiger partial charge >= 0.3 is 0 Å². The lowest BCUT2D eigenvalue weighted by Crippen LogP contribution is -2.09. The van der Waals surface area contributed by atoms with Gasteiger partial charge in [0.25, 0.3) is 0 Å². The summed E-state index contributed by atoms with van der Waals surface area (Å²) < 4.78 is 5.21. The minimum Gasteiger partial charge on any atom is -0.469 e. The van der Waals surface area contributed by atoms with Crippen LogP contribution in [-0.4, -0.2) is 22.4 Å². The molecule has 0 amide bonds. The predicted molar refractivity (Wildman–Crippen MR) is 49.5 cm³/mol. The third kappa shape index (κ3) is 3.20. The SMILES string of the molecule is CC(O)Cc1ccoc1CC(C)O. The molecule has 2 N–H and O–H groups in total. The molecule has 0 saturated carbocycles. The normalized spacial score (nSPS) is 15.7. The first-order valence-electron chi connectivity index (χ1n) is 4.51. The van der Waals surface area contributed by atoms with Gasteiger partial charge in [0.1, 0.15) is 5.76 Å². The van der Waals surface area contributed by atoms with Crippen molar-refractivity contribution in [2.75, 3.05) is 0 Å². The Labute approximate surface area is 78.0 Å². The Kier molecular flexibility index (Phi) is 3.51. The Morgan fingerprint density at radius 1 is 1.23 bits per heavy atom. The number of hydrogen-bond acceptors (Lipinski definition) is 3. The average molecular weight is 184 g/mol. The Morgan fingerprint density at radius 2 is 1.85 bits per heavy atom. The predicted octanol–water partition coefficient (Wildman–Crippen LogP) is 1.13. The summed E-state index contributed by atoms with van der Waals surface area (Å²) in [4.78, 5) is 0. The lowest BCUT2D eigenvalue weighted by molar-refractivity contribution is 0.182. The molecule has 0 aliphatic heterocycles. The van der Waals surface area contributed by atoms with E-state index in [-0.39, 0.29) is 6.10 Å². The lowest BCUT2D eigenvalue weighted by Gasteiger charge is -2.06. The Hall–Kier alpha value is -0.800. The quantitative estimate of drug-likeness (QED) is 0.737. The van der Waals surface area contributed by atoms with E-state index in [1.54, 1.807) is 20.1 Å². The minimum atomic E-state index is -0.404. The molecule has 0 aromatic carbocycles. The zero-order valence-corrected chi connectivity index (χ0v) is 8.03. The summed E-state index contributed by atoms with van der Waals surface area (Å²) in [7, 11) is 0. The topological polar surface area (TPSA) is 53.6 Å². The molecule has 0 aliphatic carbocycles. The van der Waals surface area contributed by atoms with Crippen molar-refractivity contribution in [1.82, 2.24) is 0 Å². The zero-order chi connectivity index (χ0) is 9.84. The van der Waals surface area contributed by atoms with Crippen LogP contribution in [-0.2, 0) is 12.8 Å². The largest absolute Gasteiger partial charge is 0.469 e. The highest BCUT2D eigenvalue weighted by atomic mass is 16.3. The molecule has 1 aromatic rings. The number of hydrogen-bond donors (Lipinski definition) is 2. The van der Waals surface area contributed by atoms with Gasteiger partial charge in [-0.25, -0.2) is 0 Å². The highest BCUT2D eigenvalue weighted by Gasteiger charge is 2.10. The van der Waals surface area contributed by atoms with Gasteiger partial charge in [0, 0.05) is 12.8 Å². The fourth-order valence-electron chi connectivity index (χ4n) is 1.31. The molecule has 0 bridgehead atoms. The first kappa shape index (κ1) is 10.3. The van der Waals surface area contributed by atoms with Gasteiger partial charge in [-0.1, -0.05) is 0 Å². The molecule has 1 aromatic heterocycles. The van der Waals surface area contributed by atoms with Crippen LogP contribution in [0.4, 0.5) is 0 Å². The van der Waals surface area contributed by atoms with E-state index in [4.69, 9.17) is 9.52 Å². The molecule has 3 nitrogen and oxygen atoms in total. The first-order chi connectivity index (χ1) is 6.09. The van der Waals surface area contributed by atoms with Crippen LogP contribution in [0.25, 0.3) is 0 Å². The lowest BCUT2D eigenvalue weighted by atomic mass is 10.1. The van der Waals surface area contributed by atoms with Crippen molar-refractivity contribution < 1.29 is 14.6 Å². The Bertz CT molecular complexity index is 226. The molecule has 2 atom stereocenters. The van der Waals surface area contributed by atoms with Crippen LogP contribution < -0.4 is 0 Å². The van der Waals surface area contributed by atoms with Crippen molar-refractivity contribution in [2.24, 2.45) is 0 Å². The van der Waals surface area contributed by atoms with Gasteiger partial charge in [-0.15, -0.1) is 0 Å². The number of furan rings is 1. The van der Waals surface area contributed by atoms with Gasteiger partial charge < -0.3 is 14.6 Å². The molecule has 0 saturated heterocycles. The van der Waals surface area contributed by atoms with Gasteiger partial charge in [0.15, 0.2) is 0 Å². The molecule has 3 heteroatoms. The maximum atomic E-state index is 9.18. The van der Waals surface area contributed by atoms with Crippen molar-refractivity contribution >= 4 is 0 Å². The van der Waals surface area contributed by atoms with E-state index < -0.39 is 6.10 Å². The summed E-state index contributed by atoms with van der Waals surface area (Å²) in [5.41, 5.74) is 0.982. The third-order valence-electron chi connectivity index (χ3n) is 1.83. The van der Waals surface area contributed by atoms with Gasteiger partial charge in [-0.3, -0.25) is 0 Å². The number of aliphatic hydroxyl groups excluding tert-OH is 2. The molecule has 1 heterocycles. The van der Waals surface area contributed by atoms with E-state index >= 15 is 0 Å². The van der Waals surface area contributed by atoms with E-state index in [0.717, 1.165) is 11.3 Å². The van der Waals surface area contributed by atoms with Gasteiger partial charge in [-0.2, -0.15) is 0 Å². The van der Waals surface area contributed by atoms with Crippen molar-refractivity contribution in [3.05, 3.63) is 23.7 Å². The van der Waals surface area contributed by atoms with Crippen LogP contribution >= 0.6 is 0 Å². The fourth-order valence-corrected chi connectivity index (χ4v) is 1.31.